The van der Waals surface area contributed by atoms with Crippen molar-refractivity contribution in [2.45, 2.75) is 13.5 Å². The summed E-state index contributed by atoms with van der Waals surface area (Å²) in [5.74, 6) is 0.318. The molecule has 2 N–H and O–H groups in total. The molecule has 2 heterocycles. The fourth-order valence-corrected chi connectivity index (χ4v) is 1.75. The van der Waals surface area contributed by atoms with Gasteiger partial charge < -0.3 is 10.2 Å². The Labute approximate surface area is 111 Å². The Balaban J connectivity index is 2.07. The lowest BCUT2D eigenvalue weighted by molar-refractivity contribution is 0.102. The molecule has 2 aromatic heterocycles. The zero-order chi connectivity index (χ0) is 14.0. The average molecular weight is 262 g/mol. The van der Waals surface area contributed by atoms with E-state index in [-0.39, 0.29) is 5.91 Å². The summed E-state index contributed by atoms with van der Waals surface area (Å²) in [6.45, 7) is 2.60. The van der Waals surface area contributed by atoms with E-state index >= 15 is 0 Å². The van der Waals surface area contributed by atoms with Crippen molar-refractivity contribution in [3.05, 3.63) is 29.2 Å². The summed E-state index contributed by atoms with van der Waals surface area (Å²) in [7, 11) is 5.74. The van der Waals surface area contributed by atoms with E-state index in [1.807, 2.05) is 32.0 Å². The Morgan fingerprint density at radius 1 is 1.53 bits per heavy atom. The number of hydrogen-bond donors (Lipinski definition) is 2. The smallest absolute Gasteiger partial charge is 0.260 e. The molecule has 0 aliphatic carbocycles. The molecule has 0 bridgehead atoms. The van der Waals surface area contributed by atoms with Crippen molar-refractivity contribution in [1.29, 1.82) is 0 Å². The maximum atomic E-state index is 12.1. The minimum atomic E-state index is -0.200. The summed E-state index contributed by atoms with van der Waals surface area (Å²) < 4.78 is 1.66. The summed E-state index contributed by atoms with van der Waals surface area (Å²) in [5.41, 5.74) is 2.32. The normalized spacial score (nSPS) is 11.0. The zero-order valence-corrected chi connectivity index (χ0v) is 11.6. The highest BCUT2D eigenvalue weighted by atomic mass is 16.1. The molecule has 0 aromatic carbocycles. The molecule has 0 spiro atoms. The second kappa shape index (κ2) is 5.23. The number of nitrogens with zero attached hydrogens (tertiary/aromatic N) is 4. The number of rotatable bonds is 4. The van der Waals surface area contributed by atoms with E-state index in [9.17, 15) is 4.79 Å². The van der Waals surface area contributed by atoms with Gasteiger partial charge in [-0.3, -0.25) is 14.6 Å². The minimum Gasteiger partial charge on any atom is -0.305 e. The molecule has 0 aliphatic heterocycles. The molecule has 0 fully saturated rings. The Morgan fingerprint density at radius 2 is 2.26 bits per heavy atom. The summed E-state index contributed by atoms with van der Waals surface area (Å²) in [5, 5.41) is 13.7. The van der Waals surface area contributed by atoms with Crippen molar-refractivity contribution < 1.29 is 4.79 Å². The van der Waals surface area contributed by atoms with E-state index in [1.54, 1.807) is 17.9 Å². The van der Waals surface area contributed by atoms with Crippen molar-refractivity contribution in [2.75, 3.05) is 19.4 Å². The van der Waals surface area contributed by atoms with Crippen molar-refractivity contribution in [3.63, 3.8) is 0 Å². The second-order valence-corrected chi connectivity index (χ2v) is 4.74. The number of amides is 1. The molecule has 2 rings (SSSR count). The van der Waals surface area contributed by atoms with E-state index in [0.29, 0.717) is 11.4 Å². The quantitative estimate of drug-likeness (QED) is 0.853. The number of hydrogen-bond acceptors (Lipinski definition) is 4. The van der Waals surface area contributed by atoms with Crippen LogP contribution in [0.1, 0.15) is 21.7 Å². The van der Waals surface area contributed by atoms with Crippen LogP contribution in [0.4, 0.5) is 5.82 Å². The van der Waals surface area contributed by atoms with Gasteiger partial charge in [0.1, 0.15) is 0 Å². The van der Waals surface area contributed by atoms with E-state index in [1.165, 1.54) is 0 Å². The Bertz CT molecular complexity index is 583. The van der Waals surface area contributed by atoms with Crippen LogP contribution in [-0.4, -0.2) is 44.9 Å². The Hall–Kier alpha value is -2.15. The number of nitrogens with one attached hydrogen (secondary N) is 2. The van der Waals surface area contributed by atoms with Gasteiger partial charge in [0, 0.05) is 25.4 Å². The van der Waals surface area contributed by atoms with Gasteiger partial charge in [0.25, 0.3) is 5.91 Å². The molecule has 0 aliphatic rings. The van der Waals surface area contributed by atoms with Gasteiger partial charge in [-0.1, -0.05) is 0 Å². The monoisotopic (exact) mass is 262 g/mol. The highest BCUT2D eigenvalue weighted by molar-refractivity contribution is 6.04. The SMILES string of the molecule is Cc1c(C(=O)Nc2cc(CN(C)C)[nH]n2)cnn1C. The Morgan fingerprint density at radius 3 is 2.84 bits per heavy atom. The standard InChI is InChI=1S/C12H18N6O/c1-8-10(6-13-18(8)4)12(19)14-11-5-9(15-16-11)7-17(2)3/h5-6H,7H2,1-4H3,(H2,14,15,16,19). The van der Waals surface area contributed by atoms with Gasteiger partial charge in [-0.15, -0.1) is 0 Å². The van der Waals surface area contributed by atoms with Crippen molar-refractivity contribution in [1.82, 2.24) is 24.9 Å². The third-order valence-electron chi connectivity index (χ3n) is 2.84. The molecule has 0 atom stereocenters. The van der Waals surface area contributed by atoms with Crippen LogP contribution in [0.2, 0.25) is 0 Å². The number of H-pyrrole nitrogens is 1. The summed E-state index contributed by atoms with van der Waals surface area (Å²) in [6.07, 6.45) is 1.55. The van der Waals surface area contributed by atoms with Crippen LogP contribution in [0.5, 0.6) is 0 Å². The van der Waals surface area contributed by atoms with Gasteiger partial charge in [0.2, 0.25) is 0 Å². The van der Waals surface area contributed by atoms with Gasteiger partial charge in [-0.25, -0.2) is 0 Å². The van der Waals surface area contributed by atoms with Crippen molar-refractivity contribution in [2.24, 2.45) is 7.05 Å². The second-order valence-electron chi connectivity index (χ2n) is 4.74. The van der Waals surface area contributed by atoms with Crippen LogP contribution in [0, 0.1) is 6.92 Å². The van der Waals surface area contributed by atoms with Gasteiger partial charge in [0.15, 0.2) is 5.82 Å². The van der Waals surface area contributed by atoms with E-state index in [0.717, 1.165) is 17.9 Å². The maximum absolute atomic E-state index is 12.1. The number of aromatic nitrogens is 4. The zero-order valence-electron chi connectivity index (χ0n) is 11.6. The number of carbonyl (C=O) groups excluding carboxylic acids is 1. The molecule has 7 heteroatoms. The molecular formula is C12H18N6O. The number of carbonyl (C=O) groups is 1. The summed E-state index contributed by atoms with van der Waals surface area (Å²) >= 11 is 0. The van der Waals surface area contributed by atoms with Crippen molar-refractivity contribution in [3.8, 4) is 0 Å². The Kier molecular flexibility index (Phi) is 3.66. The molecule has 0 unspecified atom stereocenters. The van der Waals surface area contributed by atoms with Crippen LogP contribution in [-0.2, 0) is 13.6 Å². The van der Waals surface area contributed by atoms with E-state index < -0.39 is 0 Å². The molecule has 2 aromatic rings. The lowest BCUT2D eigenvalue weighted by Crippen LogP contribution is -2.13. The maximum Gasteiger partial charge on any atom is 0.260 e. The lowest BCUT2D eigenvalue weighted by atomic mass is 10.2. The first-order chi connectivity index (χ1) is 8.97. The van der Waals surface area contributed by atoms with E-state index in [4.69, 9.17) is 0 Å². The predicted octanol–water partition coefficient (Wildman–Crippen LogP) is 0.766. The topological polar surface area (TPSA) is 78.8 Å². The van der Waals surface area contributed by atoms with Gasteiger partial charge in [0.05, 0.1) is 17.5 Å². The molecule has 0 saturated heterocycles. The summed E-state index contributed by atoms with van der Waals surface area (Å²) in [6, 6.07) is 1.82. The van der Waals surface area contributed by atoms with Gasteiger partial charge in [-0.05, 0) is 21.0 Å². The van der Waals surface area contributed by atoms with Crippen LogP contribution in [0.25, 0.3) is 0 Å². The highest BCUT2D eigenvalue weighted by Crippen LogP contribution is 2.11. The molecule has 1 amide bonds. The molecular weight excluding hydrogens is 244 g/mol. The molecule has 7 nitrogen and oxygen atoms in total. The van der Waals surface area contributed by atoms with Crippen molar-refractivity contribution >= 4 is 11.7 Å². The van der Waals surface area contributed by atoms with Gasteiger partial charge >= 0.3 is 0 Å². The van der Waals surface area contributed by atoms with Crippen LogP contribution < -0.4 is 5.32 Å². The molecule has 0 saturated carbocycles. The third-order valence-corrected chi connectivity index (χ3v) is 2.84. The average Bonchev–Trinajstić information content (AvgIpc) is 2.87. The predicted molar refractivity (Wildman–Crippen MR) is 71.9 cm³/mol. The van der Waals surface area contributed by atoms with Crippen LogP contribution >= 0.6 is 0 Å². The van der Waals surface area contributed by atoms with Crippen LogP contribution in [0.15, 0.2) is 12.3 Å². The fraction of sp³-hybridized carbons (Fsp3) is 0.417. The first-order valence-corrected chi connectivity index (χ1v) is 5.96. The third kappa shape index (κ3) is 3.00. The molecule has 0 radical (unpaired) electrons. The highest BCUT2D eigenvalue weighted by Gasteiger charge is 2.14. The molecule has 102 valence electrons. The van der Waals surface area contributed by atoms with Crippen LogP contribution in [0.3, 0.4) is 0 Å². The first kappa shape index (κ1) is 13.3. The molecule has 19 heavy (non-hydrogen) atoms. The number of anilines is 1. The number of aryl methyl sites for hydroxylation is 1. The minimum absolute atomic E-state index is 0.200. The lowest BCUT2D eigenvalue weighted by Gasteiger charge is -2.05. The largest absolute Gasteiger partial charge is 0.305 e. The number of aromatic amines is 1. The summed E-state index contributed by atoms with van der Waals surface area (Å²) in [4.78, 5) is 14.1. The van der Waals surface area contributed by atoms with E-state index in [2.05, 4.69) is 20.6 Å². The fourth-order valence-electron chi connectivity index (χ4n) is 1.75. The van der Waals surface area contributed by atoms with Gasteiger partial charge in [-0.2, -0.15) is 10.2 Å². The first-order valence-electron chi connectivity index (χ1n) is 5.96.